The van der Waals surface area contributed by atoms with Crippen LogP contribution in [-0.4, -0.2) is 45.1 Å². The number of hydrogen-bond donors (Lipinski definition) is 1. The molecule has 0 saturated carbocycles. The Morgan fingerprint density at radius 3 is 2.67 bits per heavy atom. The number of methoxy groups -OCH3 is 1. The van der Waals surface area contributed by atoms with Gasteiger partial charge in [-0.05, 0) is 6.42 Å². The van der Waals surface area contributed by atoms with E-state index in [9.17, 15) is 13.2 Å². The van der Waals surface area contributed by atoms with Gasteiger partial charge in [0.05, 0.1) is 18.6 Å². The number of esters is 1. The third kappa shape index (κ3) is 3.46. The molecule has 0 aromatic rings. The number of carbonyl (C=O) groups is 1. The highest BCUT2D eigenvalue weighted by Crippen LogP contribution is 2.11. The molecule has 1 N–H and O–H groups in total. The topological polar surface area (TPSA) is 72.5 Å². The molecule has 0 aromatic heterocycles. The zero-order valence-electron chi connectivity index (χ0n) is 9.02. The molecule has 6 heteroatoms. The molecule has 0 aromatic carbocycles. The maximum Gasteiger partial charge on any atom is 0.323 e. The normalized spacial score (nSPS) is 29.7. The predicted molar refractivity (Wildman–Crippen MR) is 56.3 cm³/mol. The van der Waals surface area contributed by atoms with Crippen LogP contribution in [0.2, 0.25) is 0 Å². The highest BCUT2D eigenvalue weighted by Gasteiger charge is 2.35. The number of nitrogens with one attached hydrogen (secondary N) is 1. The fourth-order valence-electron chi connectivity index (χ4n) is 1.80. The number of carbonyl (C=O) groups excluding carboxylic acids is 1. The van der Waals surface area contributed by atoms with Gasteiger partial charge in [0.1, 0.15) is 6.04 Å². The zero-order chi connectivity index (χ0) is 11.5. The Morgan fingerprint density at radius 1 is 1.47 bits per heavy atom. The maximum atomic E-state index is 11.5. The molecule has 1 aliphatic rings. The molecule has 15 heavy (non-hydrogen) atoms. The molecule has 0 aliphatic carbocycles. The van der Waals surface area contributed by atoms with Gasteiger partial charge in [-0.25, -0.2) is 8.42 Å². The average molecular weight is 235 g/mol. The molecule has 1 fully saturated rings. The lowest BCUT2D eigenvalue weighted by molar-refractivity contribution is -0.142. The van der Waals surface area contributed by atoms with Crippen molar-refractivity contribution in [3.8, 4) is 0 Å². The van der Waals surface area contributed by atoms with Crippen LogP contribution in [0.25, 0.3) is 0 Å². The minimum atomic E-state index is -3.12. The molecule has 2 atom stereocenters. The minimum Gasteiger partial charge on any atom is -0.468 e. The number of ether oxygens (including phenoxy) is 1. The van der Waals surface area contributed by atoms with Gasteiger partial charge in [-0.1, -0.05) is 13.3 Å². The van der Waals surface area contributed by atoms with Crippen molar-refractivity contribution in [1.29, 1.82) is 0 Å². The summed E-state index contributed by atoms with van der Waals surface area (Å²) in [5.74, 6) is -0.534. The van der Waals surface area contributed by atoms with Crippen LogP contribution in [-0.2, 0) is 19.4 Å². The van der Waals surface area contributed by atoms with E-state index >= 15 is 0 Å². The molecule has 1 heterocycles. The number of hydrogen-bond acceptors (Lipinski definition) is 5. The molecule has 0 spiro atoms. The quantitative estimate of drug-likeness (QED) is 0.681. The Hall–Kier alpha value is -0.620. The van der Waals surface area contributed by atoms with E-state index in [0.717, 1.165) is 12.8 Å². The molecule has 0 radical (unpaired) electrons. The van der Waals surface area contributed by atoms with Crippen molar-refractivity contribution < 1.29 is 17.9 Å². The van der Waals surface area contributed by atoms with Crippen LogP contribution in [0.3, 0.4) is 0 Å². The standard InChI is InChI=1S/C9H17NO4S/c1-3-4-7-5-15(12,13)6-8(10-7)9(11)14-2/h7-8,10H,3-6H2,1-2H3. The van der Waals surface area contributed by atoms with Crippen molar-refractivity contribution in [1.82, 2.24) is 5.32 Å². The van der Waals surface area contributed by atoms with Crippen LogP contribution in [0.5, 0.6) is 0 Å². The first-order valence-electron chi connectivity index (χ1n) is 5.03. The van der Waals surface area contributed by atoms with Crippen LogP contribution in [0.4, 0.5) is 0 Å². The Kier molecular flexibility index (Phi) is 4.10. The summed E-state index contributed by atoms with van der Waals surface area (Å²) >= 11 is 0. The van der Waals surface area contributed by atoms with Gasteiger partial charge in [0.25, 0.3) is 0 Å². The first-order valence-corrected chi connectivity index (χ1v) is 6.85. The second-order valence-corrected chi connectivity index (χ2v) is 5.96. The number of sulfone groups is 1. The third-order valence-corrected chi connectivity index (χ3v) is 4.19. The fourth-order valence-corrected chi connectivity index (χ4v) is 3.55. The van der Waals surface area contributed by atoms with Gasteiger partial charge in [0, 0.05) is 6.04 Å². The minimum absolute atomic E-state index is 0.119. The van der Waals surface area contributed by atoms with Gasteiger partial charge in [-0.15, -0.1) is 0 Å². The van der Waals surface area contributed by atoms with Gasteiger partial charge in [-0.3, -0.25) is 10.1 Å². The Bertz CT molecular complexity index is 325. The lowest BCUT2D eigenvalue weighted by Gasteiger charge is -2.29. The monoisotopic (exact) mass is 235 g/mol. The Morgan fingerprint density at radius 2 is 2.13 bits per heavy atom. The first kappa shape index (κ1) is 12.4. The van der Waals surface area contributed by atoms with E-state index in [-0.39, 0.29) is 17.5 Å². The van der Waals surface area contributed by atoms with Crippen molar-refractivity contribution in [2.24, 2.45) is 0 Å². The van der Waals surface area contributed by atoms with Crippen molar-refractivity contribution >= 4 is 15.8 Å². The summed E-state index contributed by atoms with van der Waals surface area (Å²) in [6.07, 6.45) is 1.65. The summed E-state index contributed by atoms with van der Waals surface area (Å²) in [6, 6.07) is -0.830. The third-order valence-electron chi connectivity index (χ3n) is 2.44. The van der Waals surface area contributed by atoms with Crippen LogP contribution in [0.15, 0.2) is 0 Å². The molecule has 1 rings (SSSR count). The second-order valence-electron chi connectivity index (χ2n) is 3.80. The molecule has 0 bridgehead atoms. The lowest BCUT2D eigenvalue weighted by atomic mass is 10.1. The van der Waals surface area contributed by atoms with Crippen LogP contribution >= 0.6 is 0 Å². The predicted octanol–water partition coefficient (Wildman–Crippen LogP) is -0.285. The summed E-state index contributed by atoms with van der Waals surface area (Å²) < 4.78 is 27.6. The SMILES string of the molecule is CCCC1CS(=O)(=O)CC(C(=O)OC)N1. The van der Waals surface area contributed by atoms with E-state index in [1.165, 1.54) is 7.11 Å². The van der Waals surface area contributed by atoms with Crippen molar-refractivity contribution in [3.05, 3.63) is 0 Å². The second kappa shape index (κ2) is 4.94. The molecule has 1 aliphatic heterocycles. The molecule has 5 nitrogen and oxygen atoms in total. The summed E-state index contributed by atoms with van der Waals surface area (Å²) in [5, 5.41) is 3.01. The van der Waals surface area contributed by atoms with E-state index in [4.69, 9.17) is 0 Å². The largest absolute Gasteiger partial charge is 0.468 e. The molecule has 1 saturated heterocycles. The van der Waals surface area contributed by atoms with E-state index < -0.39 is 21.8 Å². The van der Waals surface area contributed by atoms with Crippen LogP contribution < -0.4 is 5.32 Å². The maximum absolute atomic E-state index is 11.5. The van der Waals surface area contributed by atoms with Gasteiger partial charge in [-0.2, -0.15) is 0 Å². The summed E-state index contributed by atoms with van der Waals surface area (Å²) in [4.78, 5) is 11.3. The highest BCUT2D eigenvalue weighted by atomic mass is 32.2. The summed E-state index contributed by atoms with van der Waals surface area (Å²) in [7, 11) is -1.86. The highest BCUT2D eigenvalue weighted by molar-refractivity contribution is 7.91. The van der Waals surface area contributed by atoms with Gasteiger partial charge in [0.15, 0.2) is 9.84 Å². The van der Waals surface area contributed by atoms with Gasteiger partial charge < -0.3 is 4.74 Å². The summed E-state index contributed by atoms with van der Waals surface area (Å²) in [6.45, 7) is 1.98. The first-order chi connectivity index (χ1) is 6.98. The fraction of sp³-hybridized carbons (Fsp3) is 0.889. The smallest absolute Gasteiger partial charge is 0.323 e. The van der Waals surface area contributed by atoms with E-state index in [2.05, 4.69) is 10.1 Å². The van der Waals surface area contributed by atoms with E-state index in [1.807, 2.05) is 6.92 Å². The Labute approximate surface area is 90.1 Å². The molecule has 0 amide bonds. The zero-order valence-corrected chi connectivity index (χ0v) is 9.84. The van der Waals surface area contributed by atoms with E-state index in [1.54, 1.807) is 0 Å². The van der Waals surface area contributed by atoms with E-state index in [0.29, 0.717) is 0 Å². The van der Waals surface area contributed by atoms with Gasteiger partial charge >= 0.3 is 5.97 Å². The lowest BCUT2D eigenvalue weighted by Crippen LogP contribution is -2.55. The summed E-state index contributed by atoms with van der Waals surface area (Å²) in [5.41, 5.74) is 0. The molecule has 88 valence electrons. The van der Waals surface area contributed by atoms with Crippen LogP contribution in [0.1, 0.15) is 19.8 Å². The number of rotatable bonds is 3. The molecular formula is C9H17NO4S. The van der Waals surface area contributed by atoms with Crippen LogP contribution in [0, 0.1) is 0 Å². The average Bonchev–Trinajstić information content (AvgIpc) is 2.14. The van der Waals surface area contributed by atoms with Crippen molar-refractivity contribution in [2.45, 2.75) is 31.8 Å². The molecular weight excluding hydrogens is 218 g/mol. The Balaban J connectivity index is 2.72. The van der Waals surface area contributed by atoms with Crippen molar-refractivity contribution in [3.63, 3.8) is 0 Å². The van der Waals surface area contributed by atoms with Crippen molar-refractivity contribution in [2.75, 3.05) is 18.6 Å². The molecule has 2 unspecified atom stereocenters. The van der Waals surface area contributed by atoms with Gasteiger partial charge in [0.2, 0.25) is 0 Å².